The summed E-state index contributed by atoms with van der Waals surface area (Å²) in [6.45, 7) is 1.49. The monoisotopic (exact) mass is 227 g/mol. The van der Waals surface area contributed by atoms with E-state index in [9.17, 15) is 9.59 Å². The Morgan fingerprint density at radius 2 is 2.19 bits per heavy atom. The van der Waals surface area contributed by atoms with Crippen LogP contribution in [0.2, 0.25) is 0 Å². The molecule has 1 aromatic heterocycles. The maximum absolute atomic E-state index is 11.7. The van der Waals surface area contributed by atoms with Crippen molar-refractivity contribution in [2.45, 2.75) is 13.0 Å². The van der Waals surface area contributed by atoms with Gasteiger partial charge >= 0.3 is 5.97 Å². The lowest BCUT2D eigenvalue weighted by atomic mass is 10.2. The van der Waals surface area contributed by atoms with Gasteiger partial charge in [0.2, 0.25) is 0 Å². The Balaban J connectivity index is 2.84. The van der Waals surface area contributed by atoms with Crippen LogP contribution >= 0.6 is 0 Å². The summed E-state index contributed by atoms with van der Waals surface area (Å²) in [4.78, 5) is 23.6. The molecule has 1 amide bonds. The molecule has 1 aromatic rings. The fourth-order valence-corrected chi connectivity index (χ4v) is 1.06. The van der Waals surface area contributed by atoms with Gasteiger partial charge in [-0.1, -0.05) is 0 Å². The molecule has 0 radical (unpaired) electrons. The minimum atomic E-state index is -1.15. The van der Waals surface area contributed by atoms with Crippen molar-refractivity contribution in [1.82, 2.24) is 4.90 Å². The summed E-state index contributed by atoms with van der Waals surface area (Å²) in [7, 11) is 1.51. The third-order valence-electron chi connectivity index (χ3n) is 2.30. The number of rotatable bonds is 4. The fourth-order valence-electron chi connectivity index (χ4n) is 1.06. The van der Waals surface area contributed by atoms with E-state index in [0.717, 1.165) is 12.3 Å². The minimum Gasteiger partial charge on any atom is -0.478 e. The van der Waals surface area contributed by atoms with E-state index in [1.165, 1.54) is 11.9 Å². The van der Waals surface area contributed by atoms with E-state index in [0.29, 0.717) is 0 Å². The fraction of sp³-hybridized carbons (Fsp3) is 0.400. The number of aliphatic hydroxyl groups excluding tert-OH is 1. The molecule has 88 valence electrons. The van der Waals surface area contributed by atoms with E-state index >= 15 is 0 Å². The Kier molecular flexibility index (Phi) is 3.68. The van der Waals surface area contributed by atoms with Crippen LogP contribution in [0.25, 0.3) is 0 Å². The molecule has 0 aromatic carbocycles. The molecule has 0 aliphatic carbocycles. The SMILES string of the molecule is CC(CO)N(C)C(=O)c1cc(C(=O)O)co1. The van der Waals surface area contributed by atoms with Crippen LogP contribution in [0.1, 0.15) is 27.8 Å². The molecule has 1 unspecified atom stereocenters. The zero-order chi connectivity index (χ0) is 12.3. The summed E-state index contributed by atoms with van der Waals surface area (Å²) in [5.74, 6) is -1.67. The van der Waals surface area contributed by atoms with Crippen LogP contribution in [0.4, 0.5) is 0 Å². The summed E-state index contributed by atoms with van der Waals surface area (Å²) < 4.78 is 4.85. The highest BCUT2D eigenvalue weighted by Gasteiger charge is 2.21. The van der Waals surface area contributed by atoms with Gasteiger partial charge in [-0.05, 0) is 6.92 Å². The first-order valence-electron chi connectivity index (χ1n) is 4.67. The highest BCUT2D eigenvalue weighted by atomic mass is 16.4. The lowest BCUT2D eigenvalue weighted by molar-refractivity contribution is 0.0649. The molecule has 0 spiro atoms. The molecule has 2 N–H and O–H groups in total. The molecule has 0 saturated carbocycles. The Morgan fingerprint density at radius 1 is 1.56 bits per heavy atom. The van der Waals surface area contributed by atoms with Crippen LogP contribution in [0.5, 0.6) is 0 Å². The minimum absolute atomic E-state index is 0.0554. The van der Waals surface area contributed by atoms with Gasteiger partial charge in [-0.15, -0.1) is 0 Å². The lowest BCUT2D eigenvalue weighted by Crippen LogP contribution is -2.37. The van der Waals surface area contributed by atoms with Gasteiger partial charge in [0.15, 0.2) is 5.76 Å². The molecule has 1 heterocycles. The summed E-state index contributed by atoms with van der Waals surface area (Å²) in [6, 6.07) is 0.802. The smallest absolute Gasteiger partial charge is 0.338 e. The van der Waals surface area contributed by atoms with E-state index < -0.39 is 11.9 Å². The zero-order valence-corrected chi connectivity index (χ0v) is 9.01. The number of furan rings is 1. The van der Waals surface area contributed by atoms with Crippen molar-refractivity contribution in [3.63, 3.8) is 0 Å². The first-order valence-corrected chi connectivity index (χ1v) is 4.67. The number of hydrogen-bond acceptors (Lipinski definition) is 4. The lowest BCUT2D eigenvalue weighted by Gasteiger charge is -2.21. The topological polar surface area (TPSA) is 91.0 Å². The van der Waals surface area contributed by atoms with Gasteiger partial charge in [0.25, 0.3) is 5.91 Å². The average molecular weight is 227 g/mol. The van der Waals surface area contributed by atoms with E-state index in [-0.39, 0.29) is 24.0 Å². The summed E-state index contributed by atoms with van der Waals surface area (Å²) in [5.41, 5.74) is -0.0756. The predicted molar refractivity (Wildman–Crippen MR) is 54.3 cm³/mol. The number of carbonyl (C=O) groups is 2. The Bertz CT molecular complexity index is 398. The molecule has 1 atom stereocenters. The van der Waals surface area contributed by atoms with Crippen molar-refractivity contribution >= 4 is 11.9 Å². The van der Waals surface area contributed by atoms with Gasteiger partial charge < -0.3 is 19.5 Å². The molecule has 0 fully saturated rings. The van der Waals surface area contributed by atoms with Crippen LogP contribution in [-0.4, -0.2) is 46.7 Å². The van der Waals surface area contributed by atoms with Crippen molar-refractivity contribution in [1.29, 1.82) is 0 Å². The van der Waals surface area contributed by atoms with Crippen LogP contribution in [0, 0.1) is 0 Å². The molecule has 6 nitrogen and oxygen atoms in total. The molecular formula is C10H13NO5. The molecule has 0 aliphatic heterocycles. The molecule has 0 aliphatic rings. The van der Waals surface area contributed by atoms with Crippen LogP contribution in [0.15, 0.2) is 16.7 Å². The van der Waals surface area contributed by atoms with Crippen LogP contribution in [-0.2, 0) is 0 Å². The van der Waals surface area contributed by atoms with Crippen molar-refractivity contribution in [3.8, 4) is 0 Å². The normalized spacial score (nSPS) is 12.2. The number of hydrogen-bond donors (Lipinski definition) is 2. The first kappa shape index (κ1) is 12.3. The maximum atomic E-state index is 11.7. The molecule has 0 bridgehead atoms. The largest absolute Gasteiger partial charge is 0.478 e. The number of aromatic carboxylic acids is 1. The Labute approximate surface area is 92.1 Å². The van der Waals surface area contributed by atoms with Crippen molar-refractivity contribution in [2.24, 2.45) is 0 Å². The summed E-state index contributed by atoms with van der Waals surface area (Å²) in [5, 5.41) is 17.5. The van der Waals surface area contributed by atoms with Gasteiger partial charge in [-0.25, -0.2) is 4.79 Å². The molecule has 6 heteroatoms. The first-order chi connectivity index (χ1) is 7.47. The number of aliphatic hydroxyl groups is 1. The third-order valence-corrected chi connectivity index (χ3v) is 2.30. The molecule has 1 rings (SSSR count). The van der Waals surface area contributed by atoms with Crippen molar-refractivity contribution in [3.05, 3.63) is 23.7 Å². The van der Waals surface area contributed by atoms with Crippen molar-refractivity contribution in [2.75, 3.05) is 13.7 Å². The highest BCUT2D eigenvalue weighted by molar-refractivity contribution is 5.95. The van der Waals surface area contributed by atoms with E-state index in [4.69, 9.17) is 14.6 Å². The maximum Gasteiger partial charge on any atom is 0.338 e. The number of nitrogens with zero attached hydrogens (tertiary/aromatic N) is 1. The number of carboxylic acid groups (broad SMARTS) is 1. The van der Waals surface area contributed by atoms with Gasteiger partial charge in [0.1, 0.15) is 6.26 Å². The number of carboxylic acids is 1. The van der Waals surface area contributed by atoms with Crippen molar-refractivity contribution < 1.29 is 24.2 Å². The standard InChI is InChI=1S/C10H13NO5/c1-6(4-12)11(2)9(13)8-3-7(5-16-8)10(14)15/h3,5-6,12H,4H2,1-2H3,(H,14,15). The quantitative estimate of drug-likeness (QED) is 0.778. The summed E-state index contributed by atoms with van der Waals surface area (Å²) >= 11 is 0. The van der Waals surface area contributed by atoms with E-state index in [2.05, 4.69) is 0 Å². The van der Waals surface area contributed by atoms with Gasteiger partial charge in [0.05, 0.1) is 18.2 Å². The molecule has 0 saturated heterocycles. The number of amides is 1. The van der Waals surface area contributed by atoms with Crippen LogP contribution < -0.4 is 0 Å². The zero-order valence-electron chi connectivity index (χ0n) is 9.01. The highest BCUT2D eigenvalue weighted by Crippen LogP contribution is 2.11. The van der Waals surface area contributed by atoms with Gasteiger partial charge in [-0.3, -0.25) is 4.79 Å². The van der Waals surface area contributed by atoms with Gasteiger partial charge in [0, 0.05) is 13.1 Å². The van der Waals surface area contributed by atoms with Crippen LogP contribution in [0.3, 0.4) is 0 Å². The third kappa shape index (κ3) is 2.40. The Morgan fingerprint density at radius 3 is 2.62 bits per heavy atom. The van der Waals surface area contributed by atoms with E-state index in [1.807, 2.05) is 0 Å². The second-order valence-electron chi connectivity index (χ2n) is 3.45. The second-order valence-corrected chi connectivity index (χ2v) is 3.45. The Hall–Kier alpha value is -1.82. The average Bonchev–Trinajstić information content (AvgIpc) is 2.75. The number of likely N-dealkylation sites (N-methyl/N-ethyl adjacent to an activating group) is 1. The predicted octanol–water partition coefficient (Wildman–Crippen LogP) is 0.431. The summed E-state index contributed by atoms with van der Waals surface area (Å²) in [6.07, 6.45) is 1.01. The van der Waals surface area contributed by atoms with E-state index in [1.54, 1.807) is 6.92 Å². The second kappa shape index (κ2) is 4.80. The molecular weight excluding hydrogens is 214 g/mol. The van der Waals surface area contributed by atoms with Gasteiger partial charge in [-0.2, -0.15) is 0 Å². The molecule has 16 heavy (non-hydrogen) atoms. The number of carbonyl (C=O) groups excluding carboxylic acids is 1.